The van der Waals surface area contributed by atoms with Gasteiger partial charge < -0.3 is 14.5 Å². The number of amides is 1. The molecule has 6 nitrogen and oxygen atoms in total. The Hall–Kier alpha value is -4.19. The number of fused-ring (bicyclic) bond motifs is 2. The smallest absolute Gasteiger partial charge is 0.339 e. The Bertz CT molecular complexity index is 1460. The Labute approximate surface area is 210 Å². The number of esters is 1. The van der Waals surface area contributed by atoms with E-state index in [1.165, 1.54) is 5.56 Å². The van der Waals surface area contributed by atoms with Crippen molar-refractivity contribution in [2.24, 2.45) is 0 Å². The third kappa shape index (κ3) is 4.80. The number of carbonyl (C=O) groups is 2. The van der Waals surface area contributed by atoms with Crippen LogP contribution in [-0.2, 0) is 21.4 Å². The second kappa shape index (κ2) is 9.46. The number of carbonyl (C=O) groups excluding carboxylic acids is 2. The Balaban J connectivity index is 1.36. The first-order valence-electron chi connectivity index (χ1n) is 12.0. The zero-order chi connectivity index (χ0) is 25.3. The number of nitrogens with zero attached hydrogens (tertiary/aromatic N) is 1. The van der Waals surface area contributed by atoms with Crippen LogP contribution < -0.4 is 5.32 Å². The number of hydrogen-bond donors (Lipinski definition) is 1. The molecule has 2 heterocycles. The highest BCUT2D eigenvalue weighted by molar-refractivity contribution is 6.08. The van der Waals surface area contributed by atoms with Crippen LogP contribution in [0.4, 0.5) is 5.69 Å². The Morgan fingerprint density at radius 3 is 2.53 bits per heavy atom. The molecule has 0 fully saturated rings. The van der Waals surface area contributed by atoms with Gasteiger partial charge in [-0.1, -0.05) is 51.1 Å². The van der Waals surface area contributed by atoms with E-state index in [1.54, 1.807) is 6.26 Å². The molecule has 0 atom stereocenters. The van der Waals surface area contributed by atoms with E-state index >= 15 is 0 Å². The Kier molecular flexibility index (Phi) is 6.18. The Morgan fingerprint density at radius 2 is 1.81 bits per heavy atom. The maximum absolute atomic E-state index is 13.3. The first-order chi connectivity index (χ1) is 17.3. The Morgan fingerprint density at radius 1 is 1.03 bits per heavy atom. The van der Waals surface area contributed by atoms with Crippen LogP contribution >= 0.6 is 0 Å². The van der Waals surface area contributed by atoms with Gasteiger partial charge in [-0.2, -0.15) is 0 Å². The van der Waals surface area contributed by atoms with E-state index in [1.807, 2.05) is 66.7 Å². The quantitative estimate of drug-likeness (QED) is 0.334. The fraction of sp³-hybridized carbons (Fsp3) is 0.233. The van der Waals surface area contributed by atoms with Gasteiger partial charge in [0, 0.05) is 11.1 Å². The molecule has 0 saturated heterocycles. The molecule has 0 saturated carbocycles. The van der Waals surface area contributed by atoms with Crippen molar-refractivity contribution in [2.75, 3.05) is 11.9 Å². The van der Waals surface area contributed by atoms with Crippen LogP contribution in [0.3, 0.4) is 0 Å². The van der Waals surface area contributed by atoms with Crippen molar-refractivity contribution in [1.82, 2.24) is 4.98 Å². The molecule has 2 aromatic carbocycles. The van der Waals surface area contributed by atoms with Crippen molar-refractivity contribution >= 4 is 40.1 Å². The van der Waals surface area contributed by atoms with E-state index in [9.17, 15) is 9.59 Å². The van der Waals surface area contributed by atoms with Gasteiger partial charge in [0.1, 0.15) is 5.76 Å². The van der Waals surface area contributed by atoms with E-state index < -0.39 is 5.97 Å². The minimum atomic E-state index is -0.526. The van der Waals surface area contributed by atoms with Gasteiger partial charge in [-0.05, 0) is 71.4 Å². The summed E-state index contributed by atoms with van der Waals surface area (Å²) in [6.07, 6.45) is 4.99. The van der Waals surface area contributed by atoms with Crippen molar-refractivity contribution in [2.45, 2.75) is 39.0 Å². The lowest BCUT2D eigenvalue weighted by atomic mass is 9.87. The summed E-state index contributed by atoms with van der Waals surface area (Å²) in [6, 6.07) is 18.9. The largest absolute Gasteiger partial charge is 0.465 e. The summed E-state index contributed by atoms with van der Waals surface area (Å²) in [5.41, 5.74) is 5.67. The lowest BCUT2D eigenvalue weighted by Crippen LogP contribution is -2.22. The summed E-state index contributed by atoms with van der Waals surface area (Å²) < 4.78 is 11.0. The van der Waals surface area contributed by atoms with Crippen LogP contribution in [0.2, 0.25) is 0 Å². The monoisotopic (exact) mass is 480 g/mol. The number of ether oxygens (including phenoxy) is 1. The molecule has 1 aliphatic rings. The maximum Gasteiger partial charge on any atom is 0.339 e. The van der Waals surface area contributed by atoms with Gasteiger partial charge in [-0.25, -0.2) is 9.78 Å². The highest BCUT2D eigenvalue weighted by Gasteiger charge is 2.28. The van der Waals surface area contributed by atoms with Crippen LogP contribution in [0.5, 0.6) is 0 Å². The first kappa shape index (κ1) is 23.5. The van der Waals surface area contributed by atoms with Crippen molar-refractivity contribution in [3.05, 3.63) is 95.1 Å². The van der Waals surface area contributed by atoms with Crippen LogP contribution in [-0.4, -0.2) is 23.5 Å². The predicted molar refractivity (Wildman–Crippen MR) is 141 cm³/mol. The van der Waals surface area contributed by atoms with Crippen molar-refractivity contribution in [1.29, 1.82) is 0 Å². The first-order valence-corrected chi connectivity index (χ1v) is 12.0. The number of anilines is 1. The third-order valence-corrected chi connectivity index (χ3v) is 6.37. The van der Waals surface area contributed by atoms with Crippen LogP contribution in [0, 0.1) is 0 Å². The van der Waals surface area contributed by atoms with E-state index in [4.69, 9.17) is 14.1 Å². The second-order valence-corrected chi connectivity index (χ2v) is 9.97. The number of para-hydroxylation sites is 1. The lowest BCUT2D eigenvalue weighted by Gasteiger charge is -2.19. The standard InChI is InChI=1S/C30H28N2O4/c1-30(2,3)20-11-13-21(14-12-20)31-26(33)18-36-29(34)27-23-8-4-5-9-25(23)32-28-19(10-15-24(27)28)17-22-7-6-16-35-22/h4-9,11-14,16-17H,10,15,18H2,1-3H3,(H,31,33)/b19-17+. The molecule has 6 heteroatoms. The molecule has 5 rings (SSSR count). The fourth-order valence-electron chi connectivity index (χ4n) is 4.51. The van der Waals surface area contributed by atoms with E-state index in [0.29, 0.717) is 23.2 Å². The van der Waals surface area contributed by atoms with Gasteiger partial charge >= 0.3 is 5.97 Å². The molecule has 1 aliphatic carbocycles. The van der Waals surface area contributed by atoms with E-state index in [0.717, 1.165) is 34.4 Å². The minimum absolute atomic E-state index is 0.0264. The highest BCUT2D eigenvalue weighted by atomic mass is 16.5. The summed E-state index contributed by atoms with van der Waals surface area (Å²) >= 11 is 0. The highest BCUT2D eigenvalue weighted by Crippen LogP contribution is 2.37. The maximum atomic E-state index is 13.3. The van der Waals surface area contributed by atoms with Gasteiger partial charge in [0.2, 0.25) is 0 Å². The molecule has 2 aromatic heterocycles. The zero-order valence-electron chi connectivity index (χ0n) is 20.6. The number of allylic oxidation sites excluding steroid dienone is 1. The molecule has 0 radical (unpaired) electrons. The van der Waals surface area contributed by atoms with E-state index in [2.05, 4.69) is 26.1 Å². The number of pyridine rings is 1. The lowest BCUT2D eigenvalue weighted by molar-refractivity contribution is -0.119. The number of benzene rings is 2. The van der Waals surface area contributed by atoms with Crippen molar-refractivity contribution < 1.29 is 18.7 Å². The number of furan rings is 1. The van der Waals surface area contributed by atoms with Crippen LogP contribution in [0.1, 0.15) is 60.1 Å². The van der Waals surface area contributed by atoms with Gasteiger partial charge in [-0.15, -0.1) is 0 Å². The summed E-state index contributed by atoms with van der Waals surface area (Å²) in [5, 5.41) is 3.52. The molecule has 0 aliphatic heterocycles. The van der Waals surface area contributed by atoms with Crippen LogP contribution in [0.15, 0.2) is 71.3 Å². The molecule has 0 unspecified atom stereocenters. The van der Waals surface area contributed by atoms with Crippen molar-refractivity contribution in [3.63, 3.8) is 0 Å². The van der Waals surface area contributed by atoms with Crippen molar-refractivity contribution in [3.8, 4) is 0 Å². The number of nitrogens with one attached hydrogen (secondary N) is 1. The van der Waals surface area contributed by atoms with Gasteiger partial charge in [0.05, 0.1) is 23.0 Å². The normalized spacial score (nSPS) is 14.1. The zero-order valence-corrected chi connectivity index (χ0v) is 20.6. The summed E-state index contributed by atoms with van der Waals surface area (Å²) in [4.78, 5) is 30.7. The summed E-state index contributed by atoms with van der Waals surface area (Å²) in [7, 11) is 0. The molecule has 4 aromatic rings. The molecule has 0 spiro atoms. The topological polar surface area (TPSA) is 81.4 Å². The molecule has 182 valence electrons. The molecule has 36 heavy (non-hydrogen) atoms. The number of aromatic nitrogens is 1. The molecular weight excluding hydrogens is 452 g/mol. The van der Waals surface area contributed by atoms with E-state index in [-0.39, 0.29) is 17.9 Å². The van der Waals surface area contributed by atoms with Gasteiger partial charge in [-0.3, -0.25) is 4.79 Å². The molecular formula is C30H28N2O4. The molecule has 1 amide bonds. The number of rotatable bonds is 5. The molecule has 0 bridgehead atoms. The minimum Gasteiger partial charge on any atom is -0.465 e. The fourth-order valence-corrected chi connectivity index (χ4v) is 4.51. The predicted octanol–water partition coefficient (Wildman–Crippen LogP) is 6.41. The average Bonchev–Trinajstić information content (AvgIpc) is 3.51. The SMILES string of the molecule is CC(C)(C)c1ccc(NC(=O)COC(=O)c2c3c(nc4ccccc24)/C(=C/c2ccco2)CC3)cc1. The summed E-state index contributed by atoms with van der Waals surface area (Å²) in [5.74, 6) is -0.174. The number of hydrogen-bond acceptors (Lipinski definition) is 5. The third-order valence-electron chi connectivity index (χ3n) is 6.37. The second-order valence-electron chi connectivity index (χ2n) is 9.97. The average molecular weight is 481 g/mol. The summed E-state index contributed by atoms with van der Waals surface area (Å²) in [6.45, 7) is 6.03. The van der Waals surface area contributed by atoms with Gasteiger partial charge in [0.15, 0.2) is 6.61 Å². The van der Waals surface area contributed by atoms with Gasteiger partial charge in [0.25, 0.3) is 5.91 Å². The molecule has 1 N–H and O–H groups in total. The van der Waals surface area contributed by atoms with Crippen LogP contribution in [0.25, 0.3) is 22.6 Å².